The molecule has 0 saturated heterocycles. The minimum atomic E-state index is -0.763. The number of aliphatic carboxylic acids is 1. The minimum absolute atomic E-state index is 0.119. The van der Waals surface area contributed by atoms with E-state index >= 15 is 0 Å². The molecule has 1 aliphatic carbocycles. The first-order valence-electron chi connectivity index (χ1n) is 5.26. The Morgan fingerprint density at radius 3 is 2.80 bits per heavy atom. The monoisotopic (exact) mass is 202 g/mol. The standard InChI is InChI=1S/C13H14O2/c14-13(15)9-11-7-3-4-8-12(11)10-5-1-2-6-10/h3-5,7-8H,1-2,6,9H2,(H,14,15). The van der Waals surface area contributed by atoms with Gasteiger partial charge in [0, 0.05) is 0 Å². The molecule has 2 rings (SSSR count). The molecule has 0 bridgehead atoms. The van der Waals surface area contributed by atoms with Crippen molar-refractivity contribution in [1.82, 2.24) is 0 Å². The van der Waals surface area contributed by atoms with Crippen LogP contribution in [0.15, 0.2) is 30.3 Å². The largest absolute Gasteiger partial charge is 0.481 e. The fourth-order valence-corrected chi connectivity index (χ4v) is 2.07. The lowest BCUT2D eigenvalue weighted by Crippen LogP contribution is -2.02. The summed E-state index contributed by atoms with van der Waals surface area (Å²) in [4.78, 5) is 10.7. The van der Waals surface area contributed by atoms with Crippen molar-refractivity contribution in [2.45, 2.75) is 25.7 Å². The lowest BCUT2D eigenvalue weighted by Gasteiger charge is -2.08. The number of hydrogen-bond acceptors (Lipinski definition) is 1. The second kappa shape index (κ2) is 4.30. The molecular weight excluding hydrogens is 188 g/mol. The van der Waals surface area contributed by atoms with E-state index in [1.54, 1.807) is 0 Å². The molecule has 0 spiro atoms. The molecule has 78 valence electrons. The van der Waals surface area contributed by atoms with Crippen LogP contribution >= 0.6 is 0 Å². The van der Waals surface area contributed by atoms with Gasteiger partial charge in [-0.05, 0) is 36.0 Å². The molecule has 1 aromatic carbocycles. The number of rotatable bonds is 3. The van der Waals surface area contributed by atoms with Crippen molar-refractivity contribution in [3.05, 3.63) is 41.5 Å². The molecule has 0 fully saturated rings. The third-order valence-electron chi connectivity index (χ3n) is 2.75. The summed E-state index contributed by atoms with van der Waals surface area (Å²) >= 11 is 0. The van der Waals surface area contributed by atoms with Gasteiger partial charge < -0.3 is 5.11 Å². The van der Waals surface area contributed by atoms with Crippen molar-refractivity contribution >= 4 is 11.5 Å². The summed E-state index contributed by atoms with van der Waals surface area (Å²) in [7, 11) is 0. The fraction of sp³-hybridized carbons (Fsp3) is 0.308. The van der Waals surface area contributed by atoms with Crippen LogP contribution in [0.3, 0.4) is 0 Å². The summed E-state index contributed by atoms with van der Waals surface area (Å²) in [6, 6.07) is 7.80. The van der Waals surface area contributed by atoms with Crippen LogP contribution in [-0.4, -0.2) is 11.1 Å². The molecular formula is C13H14O2. The molecule has 0 saturated carbocycles. The van der Waals surface area contributed by atoms with Crippen LogP contribution in [0.1, 0.15) is 30.4 Å². The molecule has 0 unspecified atom stereocenters. The Kier molecular flexibility index (Phi) is 2.86. The summed E-state index contributed by atoms with van der Waals surface area (Å²) < 4.78 is 0. The van der Waals surface area contributed by atoms with E-state index in [9.17, 15) is 4.79 Å². The van der Waals surface area contributed by atoms with Crippen molar-refractivity contribution in [3.63, 3.8) is 0 Å². The number of carboxylic acid groups (broad SMARTS) is 1. The quantitative estimate of drug-likeness (QED) is 0.818. The minimum Gasteiger partial charge on any atom is -0.481 e. The molecule has 0 radical (unpaired) electrons. The highest BCUT2D eigenvalue weighted by Crippen LogP contribution is 2.29. The molecule has 0 atom stereocenters. The van der Waals surface area contributed by atoms with Crippen LogP contribution < -0.4 is 0 Å². The average Bonchev–Trinajstić information content (AvgIpc) is 2.70. The van der Waals surface area contributed by atoms with E-state index in [4.69, 9.17) is 5.11 Å². The fourth-order valence-electron chi connectivity index (χ4n) is 2.07. The van der Waals surface area contributed by atoms with Crippen molar-refractivity contribution in [1.29, 1.82) is 0 Å². The number of hydrogen-bond donors (Lipinski definition) is 1. The smallest absolute Gasteiger partial charge is 0.307 e. The zero-order valence-electron chi connectivity index (χ0n) is 8.57. The van der Waals surface area contributed by atoms with E-state index in [1.165, 1.54) is 12.0 Å². The Balaban J connectivity index is 2.33. The Bertz CT molecular complexity index is 405. The maximum absolute atomic E-state index is 10.7. The topological polar surface area (TPSA) is 37.3 Å². The van der Waals surface area contributed by atoms with Gasteiger partial charge in [0.05, 0.1) is 6.42 Å². The predicted molar refractivity (Wildman–Crippen MR) is 59.6 cm³/mol. The van der Waals surface area contributed by atoms with Crippen molar-refractivity contribution in [3.8, 4) is 0 Å². The molecule has 0 aromatic heterocycles. The number of allylic oxidation sites excluding steroid dienone is 2. The van der Waals surface area contributed by atoms with Gasteiger partial charge in [-0.3, -0.25) is 4.79 Å². The molecule has 2 heteroatoms. The van der Waals surface area contributed by atoms with Crippen LogP contribution in [0.4, 0.5) is 0 Å². The molecule has 2 nitrogen and oxygen atoms in total. The van der Waals surface area contributed by atoms with Gasteiger partial charge in [-0.15, -0.1) is 0 Å². The third-order valence-corrected chi connectivity index (χ3v) is 2.75. The number of carboxylic acids is 1. The van der Waals surface area contributed by atoms with E-state index in [1.807, 2.05) is 24.3 Å². The average molecular weight is 202 g/mol. The predicted octanol–water partition coefficient (Wildman–Crippen LogP) is 2.88. The first-order valence-corrected chi connectivity index (χ1v) is 5.26. The van der Waals surface area contributed by atoms with Gasteiger partial charge in [-0.25, -0.2) is 0 Å². The molecule has 0 heterocycles. The van der Waals surface area contributed by atoms with Gasteiger partial charge in [-0.2, -0.15) is 0 Å². The summed E-state index contributed by atoms with van der Waals surface area (Å²) in [5, 5.41) is 8.81. The van der Waals surface area contributed by atoms with Crippen LogP contribution in [-0.2, 0) is 11.2 Å². The number of carbonyl (C=O) groups is 1. The van der Waals surface area contributed by atoms with Gasteiger partial charge in [0.25, 0.3) is 0 Å². The van der Waals surface area contributed by atoms with Gasteiger partial charge in [0.1, 0.15) is 0 Å². The van der Waals surface area contributed by atoms with Crippen molar-refractivity contribution < 1.29 is 9.90 Å². The highest BCUT2D eigenvalue weighted by molar-refractivity contribution is 5.76. The molecule has 15 heavy (non-hydrogen) atoms. The highest BCUT2D eigenvalue weighted by atomic mass is 16.4. The van der Waals surface area contributed by atoms with Gasteiger partial charge in [0.15, 0.2) is 0 Å². The summed E-state index contributed by atoms with van der Waals surface area (Å²) in [6.07, 6.45) is 5.73. The normalized spacial score (nSPS) is 15.1. The van der Waals surface area contributed by atoms with Crippen LogP contribution in [0, 0.1) is 0 Å². The first-order chi connectivity index (χ1) is 7.27. The molecule has 0 amide bonds. The molecule has 1 N–H and O–H groups in total. The Labute approximate surface area is 89.2 Å². The Morgan fingerprint density at radius 2 is 2.13 bits per heavy atom. The lowest BCUT2D eigenvalue weighted by molar-refractivity contribution is -0.136. The zero-order valence-corrected chi connectivity index (χ0v) is 8.57. The van der Waals surface area contributed by atoms with Gasteiger partial charge >= 0.3 is 5.97 Å². The summed E-state index contributed by atoms with van der Waals surface area (Å²) in [5.74, 6) is -0.763. The van der Waals surface area contributed by atoms with E-state index in [0.717, 1.165) is 24.0 Å². The van der Waals surface area contributed by atoms with E-state index in [2.05, 4.69) is 6.08 Å². The zero-order chi connectivity index (χ0) is 10.7. The summed E-state index contributed by atoms with van der Waals surface area (Å²) in [6.45, 7) is 0. The third kappa shape index (κ3) is 2.27. The number of benzene rings is 1. The second-order valence-electron chi connectivity index (χ2n) is 3.85. The van der Waals surface area contributed by atoms with E-state index in [-0.39, 0.29) is 6.42 Å². The van der Waals surface area contributed by atoms with E-state index < -0.39 is 5.97 Å². The molecule has 0 aliphatic heterocycles. The van der Waals surface area contributed by atoms with Crippen molar-refractivity contribution in [2.75, 3.05) is 0 Å². The SMILES string of the molecule is O=C(O)Cc1ccccc1C1=CCCC1. The maximum atomic E-state index is 10.7. The van der Waals surface area contributed by atoms with Gasteiger partial charge in [0.2, 0.25) is 0 Å². The molecule has 1 aliphatic rings. The van der Waals surface area contributed by atoms with Gasteiger partial charge in [-0.1, -0.05) is 30.3 Å². The van der Waals surface area contributed by atoms with Crippen LogP contribution in [0.25, 0.3) is 5.57 Å². The van der Waals surface area contributed by atoms with Crippen LogP contribution in [0.2, 0.25) is 0 Å². The molecule has 1 aromatic rings. The first kappa shape index (κ1) is 9.97. The summed E-state index contributed by atoms with van der Waals surface area (Å²) in [5.41, 5.74) is 3.36. The Morgan fingerprint density at radius 1 is 1.33 bits per heavy atom. The lowest BCUT2D eigenvalue weighted by atomic mass is 9.97. The second-order valence-corrected chi connectivity index (χ2v) is 3.85. The van der Waals surface area contributed by atoms with Crippen molar-refractivity contribution in [2.24, 2.45) is 0 Å². The Hall–Kier alpha value is -1.57. The maximum Gasteiger partial charge on any atom is 0.307 e. The van der Waals surface area contributed by atoms with E-state index in [0.29, 0.717) is 0 Å². The van der Waals surface area contributed by atoms with Crippen LogP contribution in [0.5, 0.6) is 0 Å². The highest BCUT2D eigenvalue weighted by Gasteiger charge is 2.12.